The van der Waals surface area contributed by atoms with E-state index in [4.69, 9.17) is 9.84 Å². The Balaban J connectivity index is 2.18. The third kappa shape index (κ3) is 3.54. The van der Waals surface area contributed by atoms with Crippen LogP contribution < -0.4 is 9.46 Å². The maximum Gasteiger partial charge on any atom is 0.356 e. The summed E-state index contributed by atoms with van der Waals surface area (Å²) >= 11 is 0.748. The molecule has 8 nitrogen and oxygen atoms in total. The molecule has 10 heteroatoms. The molecule has 112 valence electrons. The normalized spacial score (nSPS) is 11.3. The van der Waals surface area contributed by atoms with Crippen molar-refractivity contribution in [3.63, 3.8) is 0 Å². The molecule has 0 saturated carbocycles. The summed E-state index contributed by atoms with van der Waals surface area (Å²) in [5.41, 5.74) is 1.32. The van der Waals surface area contributed by atoms with E-state index in [0.29, 0.717) is 11.4 Å². The van der Waals surface area contributed by atoms with E-state index >= 15 is 0 Å². The Hall–Kier alpha value is -2.04. The van der Waals surface area contributed by atoms with Gasteiger partial charge in [-0.15, -0.1) is 11.3 Å². The van der Waals surface area contributed by atoms with Crippen LogP contribution >= 0.6 is 11.3 Å². The van der Waals surface area contributed by atoms with Crippen LogP contribution in [0, 0.1) is 0 Å². The number of nitrogens with zero attached hydrogens (tertiary/aromatic N) is 2. The van der Waals surface area contributed by atoms with Crippen LogP contribution in [0.5, 0.6) is 5.88 Å². The second-order valence-electron chi connectivity index (χ2n) is 3.82. The van der Waals surface area contributed by atoms with E-state index in [9.17, 15) is 13.2 Å². The predicted molar refractivity (Wildman–Crippen MR) is 73.9 cm³/mol. The van der Waals surface area contributed by atoms with Gasteiger partial charge in [0, 0.05) is 18.8 Å². The fourth-order valence-corrected chi connectivity index (χ4v) is 3.68. The lowest BCUT2D eigenvalue weighted by Gasteiger charge is -2.06. The van der Waals surface area contributed by atoms with E-state index in [1.165, 1.54) is 18.8 Å². The van der Waals surface area contributed by atoms with Gasteiger partial charge in [0.1, 0.15) is 0 Å². The first-order valence-corrected chi connectivity index (χ1v) is 7.95. The molecule has 0 fully saturated rings. The summed E-state index contributed by atoms with van der Waals surface area (Å²) in [7, 11) is -2.50. The highest BCUT2D eigenvalue weighted by Crippen LogP contribution is 2.20. The van der Waals surface area contributed by atoms with Crippen molar-refractivity contribution >= 4 is 27.3 Å². The summed E-state index contributed by atoms with van der Waals surface area (Å²) in [4.78, 5) is 18.4. The number of carboxylic acids is 1. The van der Waals surface area contributed by atoms with Crippen molar-refractivity contribution in [3.8, 4) is 5.88 Å². The average Bonchev–Trinajstić information content (AvgIpc) is 2.96. The highest BCUT2D eigenvalue weighted by Gasteiger charge is 2.25. The standard InChI is InChI=1S/C11H11N3O5S2/c1-19-8-4-7(2-3-12-8)5-14-21(17,18)11-9(10(15)16)13-6-20-11/h2-4,6,14H,5H2,1H3,(H,15,16). The number of aromatic nitrogens is 2. The van der Waals surface area contributed by atoms with Crippen molar-refractivity contribution in [1.29, 1.82) is 0 Å². The Labute approximate surface area is 124 Å². The van der Waals surface area contributed by atoms with Crippen LogP contribution in [-0.2, 0) is 16.6 Å². The molecule has 0 spiro atoms. The van der Waals surface area contributed by atoms with Gasteiger partial charge in [-0.1, -0.05) is 0 Å². The van der Waals surface area contributed by atoms with Crippen LogP contribution in [0.1, 0.15) is 16.1 Å². The number of aromatic carboxylic acids is 1. The number of nitrogens with one attached hydrogen (secondary N) is 1. The molecular formula is C11H11N3O5S2. The van der Waals surface area contributed by atoms with Gasteiger partial charge in [0.25, 0.3) is 10.0 Å². The molecule has 2 aromatic heterocycles. The maximum absolute atomic E-state index is 12.1. The number of hydrogen-bond acceptors (Lipinski definition) is 7. The van der Waals surface area contributed by atoms with Crippen molar-refractivity contribution in [3.05, 3.63) is 35.1 Å². The highest BCUT2D eigenvalue weighted by molar-refractivity contribution is 7.91. The molecule has 21 heavy (non-hydrogen) atoms. The Bertz CT molecular complexity index is 757. The summed E-state index contributed by atoms with van der Waals surface area (Å²) < 4.78 is 31.1. The van der Waals surface area contributed by atoms with Crippen molar-refractivity contribution in [1.82, 2.24) is 14.7 Å². The van der Waals surface area contributed by atoms with Crippen LogP contribution in [-0.4, -0.2) is 36.6 Å². The molecule has 0 unspecified atom stereocenters. The minimum atomic E-state index is -3.95. The average molecular weight is 329 g/mol. The van der Waals surface area contributed by atoms with Gasteiger partial charge in [0.05, 0.1) is 12.6 Å². The number of carbonyl (C=O) groups is 1. The highest BCUT2D eigenvalue weighted by atomic mass is 32.2. The number of thiazole rings is 1. The summed E-state index contributed by atoms with van der Waals surface area (Å²) in [5.74, 6) is -1.03. The van der Waals surface area contributed by atoms with Crippen LogP contribution in [0.2, 0.25) is 0 Å². The molecule has 0 saturated heterocycles. The van der Waals surface area contributed by atoms with E-state index < -0.39 is 21.7 Å². The molecule has 0 aliphatic carbocycles. The summed E-state index contributed by atoms with van der Waals surface area (Å²) in [5, 5.41) is 8.90. The predicted octanol–water partition coefficient (Wildman–Crippen LogP) is 0.723. The number of sulfonamides is 1. The van der Waals surface area contributed by atoms with E-state index in [1.807, 2.05) is 0 Å². The van der Waals surface area contributed by atoms with Gasteiger partial charge < -0.3 is 9.84 Å². The topological polar surface area (TPSA) is 118 Å². The van der Waals surface area contributed by atoms with Crippen molar-refractivity contribution in [2.24, 2.45) is 0 Å². The van der Waals surface area contributed by atoms with E-state index in [0.717, 1.165) is 11.3 Å². The van der Waals surface area contributed by atoms with Gasteiger partial charge in [0.15, 0.2) is 9.90 Å². The minimum Gasteiger partial charge on any atom is -0.481 e. The monoisotopic (exact) mass is 329 g/mol. The SMILES string of the molecule is COc1cc(CNS(=O)(=O)c2scnc2C(=O)O)ccn1. The zero-order valence-corrected chi connectivity index (χ0v) is 12.4. The molecular weight excluding hydrogens is 318 g/mol. The number of hydrogen-bond donors (Lipinski definition) is 2. The molecule has 0 aromatic carbocycles. The van der Waals surface area contributed by atoms with E-state index in [-0.39, 0.29) is 10.8 Å². The quantitative estimate of drug-likeness (QED) is 0.801. The van der Waals surface area contributed by atoms with E-state index in [2.05, 4.69) is 14.7 Å². The van der Waals surface area contributed by atoms with Gasteiger partial charge in [-0.05, 0) is 11.6 Å². The van der Waals surface area contributed by atoms with Crippen LogP contribution in [0.15, 0.2) is 28.0 Å². The van der Waals surface area contributed by atoms with Gasteiger partial charge >= 0.3 is 5.97 Å². The molecule has 0 bridgehead atoms. The first-order chi connectivity index (χ1) is 9.94. The Kier molecular flexibility index (Phi) is 4.50. The molecule has 0 atom stereocenters. The number of pyridine rings is 1. The number of rotatable bonds is 6. The Morgan fingerprint density at radius 3 is 2.90 bits per heavy atom. The Morgan fingerprint density at radius 1 is 1.48 bits per heavy atom. The van der Waals surface area contributed by atoms with Crippen molar-refractivity contribution in [2.75, 3.05) is 7.11 Å². The molecule has 2 N–H and O–H groups in total. The second-order valence-corrected chi connectivity index (χ2v) is 6.64. The molecule has 2 rings (SSSR count). The van der Waals surface area contributed by atoms with E-state index in [1.54, 1.807) is 12.1 Å². The molecule has 0 amide bonds. The lowest BCUT2D eigenvalue weighted by Crippen LogP contribution is -2.24. The van der Waals surface area contributed by atoms with Crippen LogP contribution in [0.3, 0.4) is 0 Å². The number of carboxylic acid groups (broad SMARTS) is 1. The summed E-state index contributed by atoms with van der Waals surface area (Å²) in [6.45, 7) is -0.0157. The first-order valence-electron chi connectivity index (χ1n) is 5.59. The second kappa shape index (κ2) is 6.16. The van der Waals surface area contributed by atoms with Gasteiger partial charge in [-0.25, -0.2) is 27.9 Å². The molecule has 2 aromatic rings. The largest absolute Gasteiger partial charge is 0.481 e. The lowest BCUT2D eigenvalue weighted by molar-refractivity contribution is 0.0687. The minimum absolute atomic E-state index is 0.0157. The van der Waals surface area contributed by atoms with Crippen LogP contribution in [0.25, 0.3) is 0 Å². The third-order valence-corrected chi connectivity index (χ3v) is 5.23. The van der Waals surface area contributed by atoms with Gasteiger partial charge in [-0.2, -0.15) is 0 Å². The molecule has 2 heterocycles. The number of methoxy groups -OCH3 is 1. The zero-order chi connectivity index (χ0) is 15.5. The van der Waals surface area contributed by atoms with Crippen molar-refractivity contribution in [2.45, 2.75) is 10.8 Å². The smallest absolute Gasteiger partial charge is 0.356 e. The lowest BCUT2D eigenvalue weighted by atomic mass is 10.3. The van der Waals surface area contributed by atoms with Crippen LogP contribution in [0.4, 0.5) is 0 Å². The molecule has 0 radical (unpaired) electrons. The molecule has 0 aliphatic heterocycles. The Morgan fingerprint density at radius 2 is 2.24 bits per heavy atom. The zero-order valence-electron chi connectivity index (χ0n) is 10.8. The summed E-state index contributed by atoms with van der Waals surface area (Å²) in [6, 6.07) is 3.20. The summed E-state index contributed by atoms with van der Waals surface area (Å²) in [6.07, 6.45) is 1.48. The third-order valence-electron chi connectivity index (χ3n) is 2.46. The van der Waals surface area contributed by atoms with Gasteiger partial charge in [-0.3, -0.25) is 0 Å². The number of ether oxygens (including phenoxy) is 1. The first kappa shape index (κ1) is 15.4. The fourth-order valence-electron chi connectivity index (χ4n) is 1.48. The van der Waals surface area contributed by atoms with Gasteiger partial charge in [0.2, 0.25) is 5.88 Å². The maximum atomic E-state index is 12.1. The molecule has 0 aliphatic rings. The van der Waals surface area contributed by atoms with Crippen molar-refractivity contribution < 1.29 is 23.1 Å². The fraction of sp³-hybridized carbons (Fsp3) is 0.182.